The van der Waals surface area contributed by atoms with Gasteiger partial charge in [-0.15, -0.1) is 0 Å². The van der Waals surface area contributed by atoms with Gasteiger partial charge in [0.25, 0.3) is 0 Å². The Morgan fingerprint density at radius 1 is 1.12 bits per heavy atom. The molecule has 0 aliphatic carbocycles. The molecule has 11 heteroatoms. The number of hydrogen-bond donors (Lipinski definition) is 1. The molecule has 1 aliphatic heterocycles. The van der Waals surface area contributed by atoms with Crippen LogP contribution in [0.1, 0.15) is 19.6 Å². The van der Waals surface area contributed by atoms with E-state index in [9.17, 15) is 9.36 Å². The minimum atomic E-state index is -4.30. The van der Waals surface area contributed by atoms with Gasteiger partial charge in [0.15, 0.2) is 0 Å². The maximum Gasteiger partial charge on any atom is 0.587 e. The van der Waals surface area contributed by atoms with Gasteiger partial charge < -0.3 is 19.5 Å². The van der Waals surface area contributed by atoms with Crippen LogP contribution in [0.25, 0.3) is 0 Å². The Morgan fingerprint density at radius 3 is 2.24 bits per heavy atom. The van der Waals surface area contributed by atoms with Gasteiger partial charge in [0.05, 0.1) is 0 Å². The molecule has 1 fully saturated rings. The number of benzene rings is 2. The zero-order valence-corrected chi connectivity index (χ0v) is 18.6. The first-order chi connectivity index (χ1) is 15.8. The number of alkyl halides is 1. The van der Waals surface area contributed by atoms with Crippen molar-refractivity contribution in [2.75, 3.05) is 12.3 Å². The highest BCUT2D eigenvalue weighted by molar-refractivity contribution is 7.49. The highest BCUT2D eigenvalue weighted by Crippen LogP contribution is 2.52. The third-order valence-corrected chi connectivity index (χ3v) is 6.24. The molecule has 174 valence electrons. The first kappa shape index (κ1) is 23.0. The van der Waals surface area contributed by atoms with E-state index in [0.29, 0.717) is 0 Å². The van der Waals surface area contributed by atoms with Crippen molar-refractivity contribution in [2.45, 2.75) is 25.4 Å². The first-order valence-corrected chi connectivity index (χ1v) is 11.7. The molecule has 9 nitrogen and oxygen atoms in total. The monoisotopic (exact) mass is 475 g/mol. The van der Waals surface area contributed by atoms with E-state index < -0.39 is 38.1 Å². The predicted molar refractivity (Wildman–Crippen MR) is 118 cm³/mol. The summed E-state index contributed by atoms with van der Waals surface area (Å²) in [5, 5.41) is 0. The maximum atomic E-state index is 15.6. The van der Waals surface area contributed by atoms with Crippen LogP contribution >= 0.6 is 7.82 Å². The summed E-state index contributed by atoms with van der Waals surface area (Å²) in [4.78, 5) is 15.8. The van der Waals surface area contributed by atoms with Gasteiger partial charge in [-0.25, -0.2) is 13.8 Å². The molecule has 2 aromatic carbocycles. The number of rotatable bonds is 8. The highest BCUT2D eigenvalue weighted by atomic mass is 31.2. The van der Waals surface area contributed by atoms with Crippen LogP contribution in [0.5, 0.6) is 11.5 Å². The van der Waals surface area contributed by atoms with Crippen LogP contribution in [0.15, 0.2) is 77.7 Å². The summed E-state index contributed by atoms with van der Waals surface area (Å²) in [6, 6.07) is 18.0. The van der Waals surface area contributed by atoms with Crippen LogP contribution < -0.4 is 20.5 Å². The molecule has 33 heavy (non-hydrogen) atoms. The van der Waals surface area contributed by atoms with Crippen molar-refractivity contribution in [1.29, 1.82) is 0 Å². The Morgan fingerprint density at radius 2 is 1.70 bits per heavy atom. The zero-order chi connectivity index (χ0) is 23.5. The molecule has 0 bridgehead atoms. The van der Waals surface area contributed by atoms with Crippen molar-refractivity contribution in [3.8, 4) is 11.5 Å². The number of anilines is 1. The Bertz CT molecular complexity index is 1150. The summed E-state index contributed by atoms with van der Waals surface area (Å²) in [6.07, 6.45) is 0.328. The molecule has 0 amide bonds. The lowest BCUT2D eigenvalue weighted by atomic mass is 10.1. The Labute approximate surface area is 189 Å². The van der Waals surface area contributed by atoms with Crippen molar-refractivity contribution in [1.82, 2.24) is 9.55 Å². The number of nitrogens with two attached hydrogens (primary N) is 1. The number of nitrogens with zero attached hydrogens (tertiary/aromatic N) is 2. The summed E-state index contributed by atoms with van der Waals surface area (Å²) in [5.74, 6) is -2.26. The molecule has 1 saturated heterocycles. The average Bonchev–Trinajstić information content (AvgIpc) is 3.08. The number of aromatic nitrogens is 2. The number of phosphoric acid groups is 1. The standard InChI is InChI=1S/C22H23FN3O6P/c1-16-14-22(23,30-20(16)26-13-12-19(24)25-21(26)27)15-29-33(28,31-17-8-4-2-5-9-17)32-18-10-6-3-7-11-18/h2-13,16,20H,14-15H2,1H3,(H2,24,25,27)/t16-,20+,22-/m0/s1. The van der Waals surface area contributed by atoms with Crippen molar-refractivity contribution >= 4 is 13.6 Å². The minimum Gasteiger partial charge on any atom is -0.395 e. The maximum absolute atomic E-state index is 15.6. The van der Waals surface area contributed by atoms with E-state index in [0.717, 1.165) is 4.57 Å². The molecule has 3 atom stereocenters. The molecule has 0 spiro atoms. The largest absolute Gasteiger partial charge is 0.587 e. The number of nitrogen functional groups attached to an aromatic ring is 1. The lowest BCUT2D eigenvalue weighted by molar-refractivity contribution is -0.176. The van der Waals surface area contributed by atoms with E-state index in [1.807, 2.05) is 0 Å². The Hall–Kier alpha value is -3.20. The summed E-state index contributed by atoms with van der Waals surface area (Å²) in [6.45, 7) is 0.970. The van der Waals surface area contributed by atoms with E-state index in [4.69, 9.17) is 24.0 Å². The van der Waals surface area contributed by atoms with Gasteiger partial charge in [-0.3, -0.25) is 9.09 Å². The molecular formula is C22H23FN3O6P. The summed E-state index contributed by atoms with van der Waals surface area (Å²) >= 11 is 0. The van der Waals surface area contributed by atoms with Crippen molar-refractivity contribution in [3.63, 3.8) is 0 Å². The fourth-order valence-electron chi connectivity index (χ4n) is 3.47. The predicted octanol–water partition coefficient (Wildman–Crippen LogP) is 4.33. The second-order valence-electron chi connectivity index (χ2n) is 7.64. The van der Waals surface area contributed by atoms with E-state index in [-0.39, 0.29) is 23.7 Å². The highest BCUT2D eigenvalue weighted by Gasteiger charge is 2.49. The van der Waals surface area contributed by atoms with E-state index in [2.05, 4.69) is 4.98 Å². The Balaban J connectivity index is 1.52. The van der Waals surface area contributed by atoms with Gasteiger partial charge in [-0.2, -0.15) is 4.98 Å². The first-order valence-electron chi connectivity index (χ1n) is 10.2. The van der Waals surface area contributed by atoms with E-state index in [1.165, 1.54) is 12.3 Å². The lowest BCUT2D eigenvalue weighted by Gasteiger charge is -2.24. The molecule has 0 radical (unpaired) electrons. The number of halogens is 1. The second-order valence-corrected chi connectivity index (χ2v) is 9.16. The zero-order valence-electron chi connectivity index (χ0n) is 17.7. The lowest BCUT2D eigenvalue weighted by Crippen LogP contribution is -2.32. The quantitative estimate of drug-likeness (QED) is 0.479. The van der Waals surface area contributed by atoms with Crippen LogP contribution in [-0.2, 0) is 13.8 Å². The van der Waals surface area contributed by atoms with Gasteiger partial charge >= 0.3 is 13.5 Å². The summed E-state index contributed by atoms with van der Waals surface area (Å²) in [7, 11) is -4.30. The topological polar surface area (TPSA) is 115 Å². The third kappa shape index (κ3) is 5.60. The van der Waals surface area contributed by atoms with Gasteiger partial charge in [0, 0.05) is 18.5 Å². The number of para-hydroxylation sites is 2. The van der Waals surface area contributed by atoms with Gasteiger partial charge in [-0.05, 0) is 30.3 Å². The van der Waals surface area contributed by atoms with E-state index in [1.54, 1.807) is 67.6 Å². The number of ether oxygens (including phenoxy) is 1. The third-order valence-electron chi connectivity index (χ3n) is 4.93. The average molecular weight is 475 g/mol. The molecule has 2 N–H and O–H groups in total. The van der Waals surface area contributed by atoms with Gasteiger partial charge in [0.2, 0.25) is 5.85 Å². The molecule has 0 saturated carbocycles. The molecular weight excluding hydrogens is 452 g/mol. The van der Waals surface area contributed by atoms with E-state index >= 15 is 4.39 Å². The Kier molecular flexibility index (Phi) is 6.51. The SMILES string of the molecule is C[C@H]1C[C@@](F)(COP(=O)(Oc2ccccc2)Oc2ccccc2)O[C@H]1n1ccc(N)nc1=O. The van der Waals surface area contributed by atoms with Crippen LogP contribution in [0.4, 0.5) is 10.2 Å². The second kappa shape index (κ2) is 9.35. The minimum absolute atomic E-state index is 0.0498. The fraction of sp³-hybridized carbons (Fsp3) is 0.273. The van der Waals surface area contributed by atoms with Crippen LogP contribution in [0.2, 0.25) is 0 Å². The van der Waals surface area contributed by atoms with Crippen LogP contribution in [-0.4, -0.2) is 22.0 Å². The number of hydrogen-bond acceptors (Lipinski definition) is 8. The molecule has 2 heterocycles. The smallest absolute Gasteiger partial charge is 0.395 e. The van der Waals surface area contributed by atoms with Crippen LogP contribution in [0, 0.1) is 5.92 Å². The van der Waals surface area contributed by atoms with Gasteiger partial charge in [0.1, 0.15) is 30.2 Å². The molecule has 1 aromatic heterocycles. The summed E-state index contributed by atoms with van der Waals surface area (Å²) in [5.41, 5.74) is 4.85. The molecule has 0 unspecified atom stereocenters. The normalized spacial score (nSPS) is 22.7. The molecule has 1 aliphatic rings. The van der Waals surface area contributed by atoms with Crippen molar-refractivity contribution in [2.24, 2.45) is 5.92 Å². The van der Waals surface area contributed by atoms with Crippen molar-refractivity contribution in [3.05, 3.63) is 83.4 Å². The van der Waals surface area contributed by atoms with Crippen LogP contribution in [0.3, 0.4) is 0 Å². The molecule has 3 aromatic rings. The van der Waals surface area contributed by atoms with Gasteiger partial charge in [-0.1, -0.05) is 43.3 Å². The molecule has 4 rings (SSSR count). The number of phosphoric ester groups is 1. The van der Waals surface area contributed by atoms with Crippen molar-refractivity contribution < 1.29 is 27.3 Å². The summed E-state index contributed by atoms with van der Waals surface area (Å²) < 4.78 is 52.0. The fourth-order valence-corrected chi connectivity index (χ4v) is 4.73.